The second kappa shape index (κ2) is 5.59. The van der Waals surface area contributed by atoms with E-state index < -0.39 is 17.7 Å². The van der Waals surface area contributed by atoms with E-state index in [0.29, 0.717) is 0 Å². The maximum absolute atomic E-state index is 11.5. The van der Waals surface area contributed by atoms with Gasteiger partial charge in [0, 0.05) is 0 Å². The molecule has 1 aromatic heterocycles. The molecule has 3 N–H and O–H groups in total. The van der Waals surface area contributed by atoms with Crippen LogP contribution in [0.1, 0.15) is 38.2 Å². The summed E-state index contributed by atoms with van der Waals surface area (Å²) in [6.45, 7) is 7.08. The minimum Gasteiger partial charge on any atom is -0.461 e. The summed E-state index contributed by atoms with van der Waals surface area (Å²) in [6, 6.07) is 0. The molecule has 0 unspecified atom stereocenters. The molecular formula is C11H18N4O4. The average Bonchev–Trinajstić information content (AvgIpc) is 2.58. The lowest BCUT2D eigenvalue weighted by molar-refractivity contribution is 0.0514. The van der Waals surface area contributed by atoms with Crippen LogP contribution in [0.15, 0.2) is 6.20 Å². The number of nitrogen functional groups attached to an aromatic ring is 1. The summed E-state index contributed by atoms with van der Waals surface area (Å²) in [7, 11) is 0. The Morgan fingerprint density at radius 3 is 2.63 bits per heavy atom. The predicted octanol–water partition coefficient (Wildman–Crippen LogP) is 1.12. The average molecular weight is 270 g/mol. The second-order valence-electron chi connectivity index (χ2n) is 4.68. The highest BCUT2D eigenvalue weighted by atomic mass is 16.6. The van der Waals surface area contributed by atoms with Crippen LogP contribution in [0.3, 0.4) is 0 Å². The summed E-state index contributed by atoms with van der Waals surface area (Å²) in [5.41, 5.74) is -0.604. The molecule has 0 spiro atoms. The molecule has 0 saturated carbocycles. The van der Waals surface area contributed by atoms with Gasteiger partial charge in [-0.1, -0.05) is 0 Å². The first-order valence-electron chi connectivity index (χ1n) is 5.74. The Bertz CT molecular complexity index is 476. The zero-order valence-corrected chi connectivity index (χ0v) is 11.4. The molecule has 106 valence electrons. The van der Waals surface area contributed by atoms with Crippen LogP contribution >= 0.6 is 0 Å². The minimum absolute atomic E-state index is 0.00250. The van der Waals surface area contributed by atoms with Crippen molar-refractivity contribution in [1.82, 2.24) is 9.66 Å². The lowest BCUT2D eigenvalue weighted by Crippen LogP contribution is -2.29. The summed E-state index contributed by atoms with van der Waals surface area (Å²) in [6.07, 6.45) is 0.505. The quantitative estimate of drug-likeness (QED) is 0.629. The molecule has 1 rings (SSSR count). The van der Waals surface area contributed by atoms with Crippen molar-refractivity contribution in [3.05, 3.63) is 11.9 Å². The normalized spacial score (nSPS) is 10.9. The van der Waals surface area contributed by atoms with Crippen LogP contribution in [0.4, 0.5) is 10.7 Å². The van der Waals surface area contributed by atoms with E-state index in [1.54, 1.807) is 27.7 Å². The van der Waals surface area contributed by atoms with Gasteiger partial charge in [0.25, 0.3) is 0 Å². The molecule has 0 bridgehead atoms. The van der Waals surface area contributed by atoms with Crippen LogP contribution in [-0.4, -0.2) is 33.9 Å². The summed E-state index contributed by atoms with van der Waals surface area (Å²) in [4.78, 5) is 26.8. The molecule has 0 fully saturated rings. The molecule has 0 aliphatic carbocycles. The standard InChI is InChI=1S/C11H18N4O4/c1-5-18-8(16)7-6-13-9(15(7)12)14-10(17)19-11(2,3)4/h6H,5,12H2,1-4H3,(H,13,14,17). The Kier molecular flexibility index (Phi) is 4.36. The van der Waals surface area contributed by atoms with Crippen molar-refractivity contribution in [3.8, 4) is 0 Å². The third-order valence-electron chi connectivity index (χ3n) is 1.89. The van der Waals surface area contributed by atoms with E-state index in [4.69, 9.17) is 15.3 Å². The molecule has 0 atom stereocenters. The molecule has 0 aliphatic rings. The first kappa shape index (κ1) is 14.8. The third-order valence-corrected chi connectivity index (χ3v) is 1.89. The van der Waals surface area contributed by atoms with Gasteiger partial charge in [0.05, 0.1) is 12.8 Å². The van der Waals surface area contributed by atoms with Crippen LogP contribution in [-0.2, 0) is 9.47 Å². The van der Waals surface area contributed by atoms with Crippen LogP contribution in [0, 0.1) is 0 Å². The summed E-state index contributed by atoms with van der Waals surface area (Å²) in [5.74, 6) is 5.01. The lowest BCUT2D eigenvalue weighted by atomic mass is 10.2. The highest BCUT2D eigenvalue weighted by Gasteiger charge is 2.20. The topological polar surface area (TPSA) is 108 Å². The SMILES string of the molecule is CCOC(=O)c1cnc(NC(=O)OC(C)(C)C)n1N. The van der Waals surface area contributed by atoms with Crippen molar-refractivity contribution in [3.63, 3.8) is 0 Å². The van der Waals surface area contributed by atoms with Crippen molar-refractivity contribution in [2.24, 2.45) is 0 Å². The number of amides is 1. The van der Waals surface area contributed by atoms with Crippen LogP contribution in [0.5, 0.6) is 0 Å². The molecule has 1 heterocycles. The zero-order valence-electron chi connectivity index (χ0n) is 11.4. The van der Waals surface area contributed by atoms with Gasteiger partial charge in [-0.15, -0.1) is 0 Å². The Morgan fingerprint density at radius 1 is 1.47 bits per heavy atom. The summed E-state index contributed by atoms with van der Waals surface area (Å²) in [5, 5.41) is 2.34. The highest BCUT2D eigenvalue weighted by Crippen LogP contribution is 2.11. The van der Waals surface area contributed by atoms with Crippen molar-refractivity contribution in [2.45, 2.75) is 33.3 Å². The Hall–Kier alpha value is -2.25. The largest absolute Gasteiger partial charge is 0.461 e. The van der Waals surface area contributed by atoms with E-state index in [2.05, 4.69) is 10.3 Å². The van der Waals surface area contributed by atoms with Crippen LogP contribution in [0.25, 0.3) is 0 Å². The monoisotopic (exact) mass is 270 g/mol. The van der Waals surface area contributed by atoms with Gasteiger partial charge in [0.2, 0.25) is 5.95 Å². The number of nitrogens with one attached hydrogen (secondary N) is 1. The number of nitrogens with zero attached hydrogens (tertiary/aromatic N) is 2. The predicted molar refractivity (Wildman–Crippen MR) is 68.2 cm³/mol. The molecule has 0 saturated heterocycles. The first-order chi connectivity index (χ1) is 8.74. The number of aromatic nitrogens is 2. The van der Waals surface area contributed by atoms with E-state index in [1.165, 1.54) is 6.20 Å². The number of rotatable bonds is 3. The van der Waals surface area contributed by atoms with Gasteiger partial charge in [-0.05, 0) is 27.7 Å². The maximum Gasteiger partial charge on any atom is 0.414 e. The fraction of sp³-hybridized carbons (Fsp3) is 0.545. The number of hydrogen-bond acceptors (Lipinski definition) is 6. The molecule has 8 nitrogen and oxygen atoms in total. The van der Waals surface area contributed by atoms with Crippen LogP contribution < -0.4 is 11.2 Å². The molecular weight excluding hydrogens is 252 g/mol. The van der Waals surface area contributed by atoms with E-state index in [-0.39, 0.29) is 18.2 Å². The van der Waals surface area contributed by atoms with Gasteiger partial charge < -0.3 is 15.3 Å². The molecule has 1 amide bonds. The molecule has 0 aromatic carbocycles. The van der Waals surface area contributed by atoms with Gasteiger partial charge in [-0.2, -0.15) is 0 Å². The number of esters is 1. The Morgan fingerprint density at radius 2 is 2.11 bits per heavy atom. The zero-order chi connectivity index (χ0) is 14.6. The van der Waals surface area contributed by atoms with Gasteiger partial charge in [0.15, 0.2) is 5.69 Å². The van der Waals surface area contributed by atoms with E-state index in [1.807, 2.05) is 0 Å². The van der Waals surface area contributed by atoms with Crippen LogP contribution in [0.2, 0.25) is 0 Å². The number of hydrogen-bond donors (Lipinski definition) is 2. The number of carbonyl (C=O) groups is 2. The smallest absolute Gasteiger partial charge is 0.414 e. The molecule has 8 heteroatoms. The fourth-order valence-corrected chi connectivity index (χ4v) is 1.20. The van der Waals surface area contributed by atoms with Crippen molar-refractivity contribution in [1.29, 1.82) is 0 Å². The van der Waals surface area contributed by atoms with Gasteiger partial charge in [-0.25, -0.2) is 19.2 Å². The highest BCUT2D eigenvalue weighted by molar-refractivity contribution is 5.89. The number of anilines is 1. The maximum atomic E-state index is 11.5. The number of carbonyl (C=O) groups excluding carboxylic acids is 2. The molecule has 19 heavy (non-hydrogen) atoms. The van der Waals surface area contributed by atoms with E-state index >= 15 is 0 Å². The van der Waals surface area contributed by atoms with Gasteiger partial charge in [-0.3, -0.25) is 5.32 Å². The van der Waals surface area contributed by atoms with Crippen molar-refractivity contribution in [2.75, 3.05) is 17.8 Å². The van der Waals surface area contributed by atoms with E-state index in [9.17, 15) is 9.59 Å². The van der Waals surface area contributed by atoms with Crippen molar-refractivity contribution >= 4 is 18.0 Å². The number of nitrogens with two attached hydrogens (primary N) is 1. The lowest BCUT2D eigenvalue weighted by Gasteiger charge is -2.19. The molecule has 0 aliphatic heterocycles. The Labute approximate surface area is 110 Å². The summed E-state index contributed by atoms with van der Waals surface area (Å²) < 4.78 is 10.8. The second-order valence-corrected chi connectivity index (χ2v) is 4.68. The number of ether oxygens (including phenoxy) is 2. The van der Waals surface area contributed by atoms with Crippen molar-refractivity contribution < 1.29 is 19.1 Å². The molecule has 1 aromatic rings. The summed E-state index contributed by atoms with van der Waals surface area (Å²) >= 11 is 0. The Balaban J connectivity index is 2.76. The van der Waals surface area contributed by atoms with Gasteiger partial charge >= 0.3 is 12.1 Å². The fourth-order valence-electron chi connectivity index (χ4n) is 1.20. The van der Waals surface area contributed by atoms with E-state index in [0.717, 1.165) is 4.68 Å². The molecule has 0 radical (unpaired) electrons. The first-order valence-corrected chi connectivity index (χ1v) is 5.74. The minimum atomic E-state index is -0.708. The third kappa shape index (κ3) is 4.16. The number of imidazole rings is 1. The van der Waals surface area contributed by atoms with Gasteiger partial charge in [0.1, 0.15) is 5.60 Å².